The summed E-state index contributed by atoms with van der Waals surface area (Å²) in [5.41, 5.74) is 9.53. The summed E-state index contributed by atoms with van der Waals surface area (Å²) in [6, 6.07) is 15.7. The Hall–Kier alpha value is -1.84. The lowest BCUT2D eigenvalue weighted by Gasteiger charge is -2.04. The van der Waals surface area contributed by atoms with Crippen LogP contribution in [0.15, 0.2) is 48.5 Å². The molecule has 3 N–H and O–H groups in total. The molecule has 1 heterocycles. The summed E-state index contributed by atoms with van der Waals surface area (Å²) in [5, 5.41) is 1.65. The third-order valence-corrected chi connectivity index (χ3v) is 3.60. The van der Waals surface area contributed by atoms with Gasteiger partial charge in [0.15, 0.2) is 0 Å². The topological polar surface area (TPSA) is 41.8 Å². The second-order valence-electron chi connectivity index (χ2n) is 4.27. The molecule has 0 bridgehead atoms. The fourth-order valence-corrected chi connectivity index (χ4v) is 2.70. The molecule has 3 rings (SSSR count). The van der Waals surface area contributed by atoms with E-state index in [9.17, 15) is 0 Å². The number of nitrogens with one attached hydrogen (secondary N) is 1. The molecule has 19 heavy (non-hydrogen) atoms. The molecule has 0 saturated carbocycles. The monoisotopic (exact) mass is 286 g/mol. The van der Waals surface area contributed by atoms with E-state index >= 15 is 0 Å². The van der Waals surface area contributed by atoms with Gasteiger partial charge in [0.05, 0.1) is 10.7 Å². The van der Waals surface area contributed by atoms with Crippen LogP contribution < -0.4 is 5.73 Å². The minimum atomic E-state index is 0.339. The van der Waals surface area contributed by atoms with Crippen LogP contribution in [0.2, 0.25) is 5.02 Å². The van der Waals surface area contributed by atoms with E-state index in [1.807, 2.05) is 48.5 Å². The molecule has 2 aromatic carbocycles. The van der Waals surface area contributed by atoms with Gasteiger partial charge in [0.1, 0.15) is 4.99 Å². The normalized spacial score (nSPS) is 10.8. The molecule has 0 atom stereocenters. The van der Waals surface area contributed by atoms with Crippen molar-refractivity contribution in [3.63, 3.8) is 0 Å². The van der Waals surface area contributed by atoms with Gasteiger partial charge in [-0.25, -0.2) is 0 Å². The minimum Gasteiger partial charge on any atom is -0.388 e. The molecular weight excluding hydrogens is 276 g/mol. The molecule has 0 aliphatic heterocycles. The van der Waals surface area contributed by atoms with Crippen molar-refractivity contribution in [2.75, 3.05) is 0 Å². The van der Waals surface area contributed by atoms with Gasteiger partial charge in [0.25, 0.3) is 0 Å². The van der Waals surface area contributed by atoms with Crippen LogP contribution >= 0.6 is 23.8 Å². The van der Waals surface area contributed by atoms with E-state index in [2.05, 4.69) is 4.98 Å². The van der Waals surface area contributed by atoms with Crippen molar-refractivity contribution < 1.29 is 0 Å². The predicted octanol–water partition coefficient (Wildman–Crippen LogP) is 4.12. The van der Waals surface area contributed by atoms with Crippen molar-refractivity contribution in [1.29, 1.82) is 0 Å². The molecule has 0 saturated heterocycles. The minimum absolute atomic E-state index is 0.339. The number of fused-ring (bicyclic) bond motifs is 1. The average Bonchev–Trinajstić information content (AvgIpc) is 2.81. The molecule has 94 valence electrons. The van der Waals surface area contributed by atoms with Crippen molar-refractivity contribution >= 4 is 39.7 Å². The van der Waals surface area contributed by atoms with E-state index in [0.717, 1.165) is 27.7 Å². The van der Waals surface area contributed by atoms with E-state index in [0.29, 0.717) is 10.0 Å². The second kappa shape index (κ2) is 4.68. The maximum absolute atomic E-state index is 6.33. The summed E-state index contributed by atoms with van der Waals surface area (Å²) < 4.78 is 0. The molecule has 4 heteroatoms. The van der Waals surface area contributed by atoms with Gasteiger partial charge in [0, 0.05) is 16.5 Å². The van der Waals surface area contributed by atoms with E-state index in [4.69, 9.17) is 29.6 Å². The van der Waals surface area contributed by atoms with E-state index in [-0.39, 0.29) is 0 Å². The van der Waals surface area contributed by atoms with Crippen molar-refractivity contribution in [3.05, 3.63) is 59.2 Å². The quantitative estimate of drug-likeness (QED) is 0.696. The Morgan fingerprint density at radius 1 is 1.05 bits per heavy atom. The maximum Gasteiger partial charge on any atom is 0.121 e. The molecule has 1 aromatic heterocycles. The summed E-state index contributed by atoms with van der Waals surface area (Å²) >= 11 is 11.5. The second-order valence-corrected chi connectivity index (χ2v) is 5.11. The fraction of sp³-hybridized carbons (Fsp3) is 0. The highest BCUT2D eigenvalue weighted by atomic mass is 35.5. The Kier molecular flexibility index (Phi) is 3.01. The number of halogens is 1. The van der Waals surface area contributed by atoms with Gasteiger partial charge >= 0.3 is 0 Å². The lowest BCUT2D eigenvalue weighted by atomic mass is 10.0. The number of thiocarbonyl (C=S) groups is 1. The van der Waals surface area contributed by atoms with Gasteiger partial charge in [-0.1, -0.05) is 60.2 Å². The molecule has 0 amide bonds. The predicted molar refractivity (Wildman–Crippen MR) is 84.6 cm³/mol. The van der Waals surface area contributed by atoms with Gasteiger partial charge in [-0.05, 0) is 17.7 Å². The number of nitrogens with two attached hydrogens (primary N) is 1. The lowest BCUT2D eigenvalue weighted by molar-refractivity contribution is 1.42. The standard InChI is InChI=1S/C15H11ClN2S/c16-10-7-4-8-11-13(10)12(14(18-11)15(17)19)9-5-2-1-3-6-9/h1-8,18H,(H2,17,19). The lowest BCUT2D eigenvalue weighted by Crippen LogP contribution is -2.10. The summed E-state index contributed by atoms with van der Waals surface area (Å²) in [7, 11) is 0. The Labute approximate surface area is 121 Å². The number of hydrogen-bond acceptors (Lipinski definition) is 1. The van der Waals surface area contributed by atoms with Crippen molar-refractivity contribution in [2.24, 2.45) is 5.73 Å². The number of hydrogen-bond donors (Lipinski definition) is 2. The molecule has 0 unspecified atom stereocenters. The van der Waals surface area contributed by atoms with Gasteiger partial charge in [-0.2, -0.15) is 0 Å². The van der Waals surface area contributed by atoms with Crippen molar-refractivity contribution in [3.8, 4) is 11.1 Å². The van der Waals surface area contributed by atoms with Crippen LogP contribution in [-0.4, -0.2) is 9.97 Å². The SMILES string of the molecule is NC(=S)c1[nH]c2cccc(Cl)c2c1-c1ccccc1. The Morgan fingerprint density at radius 2 is 1.79 bits per heavy atom. The van der Waals surface area contributed by atoms with Crippen molar-refractivity contribution in [1.82, 2.24) is 4.98 Å². The first-order valence-electron chi connectivity index (χ1n) is 5.84. The number of aromatic amines is 1. The largest absolute Gasteiger partial charge is 0.388 e. The van der Waals surface area contributed by atoms with Crippen LogP contribution in [0.1, 0.15) is 5.69 Å². The zero-order chi connectivity index (χ0) is 13.4. The van der Waals surface area contributed by atoms with Gasteiger partial charge in [0.2, 0.25) is 0 Å². The van der Waals surface area contributed by atoms with Crippen LogP contribution in [0, 0.1) is 0 Å². The third-order valence-electron chi connectivity index (χ3n) is 3.08. The smallest absolute Gasteiger partial charge is 0.121 e. The first-order chi connectivity index (χ1) is 9.18. The highest BCUT2D eigenvalue weighted by Gasteiger charge is 2.16. The summed E-state index contributed by atoms with van der Waals surface area (Å²) in [6.45, 7) is 0. The Bertz CT molecular complexity index is 762. The fourth-order valence-electron chi connectivity index (χ4n) is 2.28. The molecule has 0 aliphatic carbocycles. The molecule has 0 spiro atoms. The molecule has 3 aromatic rings. The summed E-state index contributed by atoms with van der Waals surface area (Å²) in [5.74, 6) is 0. The van der Waals surface area contributed by atoms with Crippen LogP contribution in [0.4, 0.5) is 0 Å². The molecule has 0 radical (unpaired) electrons. The number of aromatic nitrogens is 1. The number of rotatable bonds is 2. The zero-order valence-corrected chi connectivity index (χ0v) is 11.6. The molecule has 0 aliphatic rings. The number of H-pyrrole nitrogens is 1. The molecule has 0 fully saturated rings. The van der Waals surface area contributed by atoms with Gasteiger partial charge < -0.3 is 10.7 Å². The van der Waals surface area contributed by atoms with Gasteiger partial charge in [-0.15, -0.1) is 0 Å². The van der Waals surface area contributed by atoms with E-state index < -0.39 is 0 Å². The van der Waals surface area contributed by atoms with E-state index in [1.165, 1.54) is 0 Å². The van der Waals surface area contributed by atoms with E-state index in [1.54, 1.807) is 0 Å². The molecule has 2 nitrogen and oxygen atoms in total. The van der Waals surface area contributed by atoms with Gasteiger partial charge in [-0.3, -0.25) is 0 Å². The number of benzene rings is 2. The van der Waals surface area contributed by atoms with Crippen LogP contribution in [0.5, 0.6) is 0 Å². The van der Waals surface area contributed by atoms with Crippen LogP contribution in [0.3, 0.4) is 0 Å². The zero-order valence-electron chi connectivity index (χ0n) is 9.98. The summed E-state index contributed by atoms with van der Waals surface area (Å²) in [4.78, 5) is 3.59. The Balaban J connectivity index is 2.44. The first kappa shape index (κ1) is 12.2. The average molecular weight is 287 g/mol. The maximum atomic E-state index is 6.33. The van der Waals surface area contributed by atoms with Crippen LogP contribution in [-0.2, 0) is 0 Å². The highest BCUT2D eigenvalue weighted by Crippen LogP contribution is 2.36. The highest BCUT2D eigenvalue weighted by molar-refractivity contribution is 7.80. The van der Waals surface area contributed by atoms with Crippen molar-refractivity contribution in [2.45, 2.75) is 0 Å². The first-order valence-corrected chi connectivity index (χ1v) is 6.62. The third kappa shape index (κ3) is 2.01. The molecular formula is C15H11ClN2S. The van der Waals surface area contributed by atoms with Crippen LogP contribution in [0.25, 0.3) is 22.0 Å². The summed E-state index contributed by atoms with van der Waals surface area (Å²) in [6.07, 6.45) is 0. The Morgan fingerprint density at radius 3 is 2.47 bits per heavy atom.